The molecule has 0 aliphatic rings. The van der Waals surface area contributed by atoms with Gasteiger partial charge in [-0.3, -0.25) is 9.59 Å². The van der Waals surface area contributed by atoms with Gasteiger partial charge in [-0.05, 0) is 62.7 Å². The average Bonchev–Trinajstić information content (AvgIpc) is 3.01. The van der Waals surface area contributed by atoms with Crippen LogP contribution < -0.4 is 10.1 Å². The summed E-state index contributed by atoms with van der Waals surface area (Å²) in [5.74, 6) is 0.808. The maximum atomic E-state index is 12.6. The summed E-state index contributed by atoms with van der Waals surface area (Å²) in [5.41, 5.74) is 3.00. The van der Waals surface area contributed by atoms with Gasteiger partial charge in [0.2, 0.25) is 0 Å². The van der Waals surface area contributed by atoms with Crippen LogP contribution in [0.4, 0.5) is 5.69 Å². The molecule has 0 bridgehead atoms. The number of hydrogen-bond donors (Lipinski definition) is 1. The van der Waals surface area contributed by atoms with Gasteiger partial charge in [0.15, 0.2) is 11.5 Å². The van der Waals surface area contributed by atoms with Crippen molar-refractivity contribution < 1.29 is 18.8 Å². The molecule has 0 spiro atoms. The van der Waals surface area contributed by atoms with Crippen LogP contribution >= 0.6 is 0 Å². The number of carbonyl (C=O) groups excluding carboxylic acids is 2. The van der Waals surface area contributed by atoms with E-state index >= 15 is 0 Å². The molecule has 0 saturated heterocycles. The molecular weight excluding hydrogens is 344 g/mol. The van der Waals surface area contributed by atoms with E-state index in [2.05, 4.69) is 10.5 Å². The Balaban J connectivity index is 1.72. The van der Waals surface area contributed by atoms with E-state index in [4.69, 9.17) is 9.26 Å². The maximum absolute atomic E-state index is 12.6. The van der Waals surface area contributed by atoms with E-state index in [9.17, 15) is 9.59 Å². The van der Waals surface area contributed by atoms with Crippen LogP contribution in [0.5, 0.6) is 5.75 Å². The molecule has 3 aromatic rings. The number of hydrogen-bond acceptors (Lipinski definition) is 5. The standard InChI is InChI=1S/C21H20N2O4/c1-13-5-4-6-18(11-13)26-12-19-15(3)27-23-20(19)21(25)22-17-9-7-16(8-10-17)14(2)24/h4-11H,12H2,1-3H3,(H,22,25). The lowest BCUT2D eigenvalue weighted by atomic mass is 10.1. The lowest BCUT2D eigenvalue weighted by molar-refractivity contribution is 0.101. The van der Waals surface area contributed by atoms with E-state index in [-0.39, 0.29) is 18.1 Å². The number of nitrogens with zero attached hydrogens (tertiary/aromatic N) is 1. The number of ketones is 1. The predicted molar refractivity (Wildman–Crippen MR) is 101 cm³/mol. The summed E-state index contributed by atoms with van der Waals surface area (Å²) in [6.07, 6.45) is 0. The zero-order valence-corrected chi connectivity index (χ0v) is 15.4. The Hall–Kier alpha value is -3.41. The largest absolute Gasteiger partial charge is 0.489 e. The molecule has 0 fully saturated rings. The first-order chi connectivity index (χ1) is 12.9. The molecule has 6 heteroatoms. The first kappa shape index (κ1) is 18.4. The Labute approximate surface area is 157 Å². The van der Waals surface area contributed by atoms with Gasteiger partial charge in [-0.15, -0.1) is 0 Å². The van der Waals surface area contributed by atoms with Crippen molar-refractivity contribution in [3.63, 3.8) is 0 Å². The molecule has 6 nitrogen and oxygen atoms in total. The van der Waals surface area contributed by atoms with Gasteiger partial charge in [0.05, 0.1) is 5.56 Å². The maximum Gasteiger partial charge on any atom is 0.278 e. The van der Waals surface area contributed by atoms with Crippen molar-refractivity contribution in [3.05, 3.63) is 76.7 Å². The Bertz CT molecular complexity index is 974. The fourth-order valence-electron chi connectivity index (χ4n) is 2.58. The molecule has 1 amide bonds. The highest BCUT2D eigenvalue weighted by Crippen LogP contribution is 2.20. The van der Waals surface area contributed by atoms with Crippen molar-refractivity contribution in [1.29, 1.82) is 0 Å². The van der Waals surface area contributed by atoms with Crippen molar-refractivity contribution in [2.75, 3.05) is 5.32 Å². The van der Waals surface area contributed by atoms with Crippen molar-refractivity contribution in [3.8, 4) is 5.75 Å². The molecule has 1 heterocycles. The predicted octanol–water partition coefficient (Wildman–Crippen LogP) is 4.33. The fraction of sp³-hybridized carbons (Fsp3) is 0.190. The van der Waals surface area contributed by atoms with Gasteiger partial charge in [0.25, 0.3) is 5.91 Å². The molecule has 1 N–H and O–H groups in total. The SMILES string of the molecule is CC(=O)c1ccc(NC(=O)c2noc(C)c2COc2cccc(C)c2)cc1. The number of rotatable bonds is 6. The molecule has 138 valence electrons. The highest BCUT2D eigenvalue weighted by molar-refractivity contribution is 6.04. The van der Waals surface area contributed by atoms with Crippen LogP contribution in [0, 0.1) is 13.8 Å². The number of nitrogens with one attached hydrogen (secondary N) is 1. The zero-order valence-electron chi connectivity index (χ0n) is 15.4. The minimum absolute atomic E-state index is 0.0319. The van der Waals surface area contributed by atoms with E-state index in [1.165, 1.54) is 6.92 Å². The van der Waals surface area contributed by atoms with Crippen LogP contribution in [0.25, 0.3) is 0 Å². The molecule has 0 aliphatic carbocycles. The summed E-state index contributed by atoms with van der Waals surface area (Å²) in [5, 5.41) is 6.62. The molecular formula is C21H20N2O4. The van der Waals surface area contributed by atoms with Gasteiger partial charge >= 0.3 is 0 Å². The summed E-state index contributed by atoms with van der Waals surface area (Å²) < 4.78 is 11.0. The van der Waals surface area contributed by atoms with E-state index in [0.29, 0.717) is 28.3 Å². The van der Waals surface area contributed by atoms with Gasteiger partial charge in [-0.1, -0.05) is 17.3 Å². The smallest absolute Gasteiger partial charge is 0.278 e. The van der Waals surface area contributed by atoms with E-state index in [1.54, 1.807) is 31.2 Å². The van der Waals surface area contributed by atoms with Crippen LogP contribution in [0.15, 0.2) is 53.1 Å². The molecule has 27 heavy (non-hydrogen) atoms. The molecule has 0 unspecified atom stereocenters. The zero-order chi connectivity index (χ0) is 19.4. The molecule has 2 aromatic carbocycles. The normalized spacial score (nSPS) is 10.5. The van der Waals surface area contributed by atoms with Crippen molar-refractivity contribution >= 4 is 17.4 Å². The quantitative estimate of drug-likeness (QED) is 0.659. The van der Waals surface area contributed by atoms with E-state index < -0.39 is 5.91 Å². The first-order valence-electron chi connectivity index (χ1n) is 8.51. The minimum atomic E-state index is -0.398. The van der Waals surface area contributed by atoms with Gasteiger partial charge < -0.3 is 14.6 Å². The highest BCUT2D eigenvalue weighted by atomic mass is 16.5. The van der Waals surface area contributed by atoms with Crippen LogP contribution in [-0.2, 0) is 6.61 Å². The number of aromatic nitrogens is 1. The van der Waals surface area contributed by atoms with Crippen molar-refractivity contribution in [2.24, 2.45) is 0 Å². The van der Waals surface area contributed by atoms with Gasteiger partial charge in [0.1, 0.15) is 18.1 Å². The van der Waals surface area contributed by atoms with Crippen LogP contribution in [0.3, 0.4) is 0 Å². The molecule has 3 rings (SSSR count). The number of amides is 1. The van der Waals surface area contributed by atoms with E-state index in [1.807, 2.05) is 31.2 Å². The number of carbonyl (C=O) groups is 2. The van der Waals surface area contributed by atoms with Crippen LogP contribution in [0.2, 0.25) is 0 Å². The number of ether oxygens (including phenoxy) is 1. The second kappa shape index (κ2) is 7.86. The topological polar surface area (TPSA) is 81.4 Å². The molecule has 0 aliphatic heterocycles. The van der Waals surface area contributed by atoms with Crippen molar-refractivity contribution in [2.45, 2.75) is 27.4 Å². The summed E-state index contributed by atoms with van der Waals surface area (Å²) >= 11 is 0. The minimum Gasteiger partial charge on any atom is -0.489 e. The lowest BCUT2D eigenvalue weighted by Crippen LogP contribution is -2.15. The van der Waals surface area contributed by atoms with Crippen molar-refractivity contribution in [1.82, 2.24) is 5.16 Å². The summed E-state index contributed by atoms with van der Waals surface area (Å²) in [4.78, 5) is 23.9. The third-order valence-corrected chi connectivity index (χ3v) is 4.12. The second-order valence-corrected chi connectivity index (χ2v) is 6.26. The number of aryl methyl sites for hydroxylation is 2. The second-order valence-electron chi connectivity index (χ2n) is 6.26. The third kappa shape index (κ3) is 4.41. The average molecular weight is 364 g/mol. The summed E-state index contributed by atoms with van der Waals surface area (Å²) in [6.45, 7) is 5.38. The molecule has 0 atom stereocenters. The number of anilines is 1. The van der Waals surface area contributed by atoms with Gasteiger partial charge in [0, 0.05) is 11.3 Å². The number of Topliss-reactive ketones (excluding diaryl/α,β-unsaturated/α-hetero) is 1. The molecule has 0 radical (unpaired) electrons. The van der Waals surface area contributed by atoms with E-state index in [0.717, 1.165) is 5.56 Å². The summed E-state index contributed by atoms with van der Waals surface area (Å²) in [7, 11) is 0. The Kier molecular flexibility index (Phi) is 5.35. The highest BCUT2D eigenvalue weighted by Gasteiger charge is 2.20. The Morgan fingerprint density at radius 2 is 1.85 bits per heavy atom. The van der Waals surface area contributed by atoms with Crippen LogP contribution in [-0.4, -0.2) is 16.8 Å². The fourth-order valence-corrected chi connectivity index (χ4v) is 2.58. The van der Waals surface area contributed by atoms with Gasteiger partial charge in [-0.2, -0.15) is 0 Å². The third-order valence-electron chi connectivity index (χ3n) is 4.12. The molecule has 1 aromatic heterocycles. The Morgan fingerprint density at radius 1 is 1.11 bits per heavy atom. The molecule has 0 saturated carbocycles. The summed E-state index contributed by atoms with van der Waals surface area (Å²) in [6, 6.07) is 14.3. The number of benzene rings is 2. The first-order valence-corrected chi connectivity index (χ1v) is 8.51. The Morgan fingerprint density at radius 3 is 2.52 bits per heavy atom. The van der Waals surface area contributed by atoms with Gasteiger partial charge in [-0.25, -0.2) is 0 Å². The monoisotopic (exact) mass is 364 g/mol. The van der Waals surface area contributed by atoms with Crippen LogP contribution in [0.1, 0.15) is 44.7 Å². The lowest BCUT2D eigenvalue weighted by Gasteiger charge is -2.08.